The molecule has 0 aliphatic rings. The Bertz CT molecular complexity index is 706. The van der Waals surface area contributed by atoms with E-state index in [9.17, 15) is 0 Å². The molecule has 3 aromatic heterocycles. The van der Waals surface area contributed by atoms with Crippen molar-refractivity contribution in [1.82, 2.24) is 19.7 Å². The second-order valence-corrected chi connectivity index (χ2v) is 4.48. The van der Waals surface area contributed by atoms with Gasteiger partial charge in [0, 0.05) is 36.8 Å². The Balaban J connectivity index is 2.11. The van der Waals surface area contributed by atoms with Gasteiger partial charge in [0.1, 0.15) is 5.15 Å². The van der Waals surface area contributed by atoms with Crippen molar-refractivity contribution < 1.29 is 0 Å². The highest BCUT2D eigenvalue weighted by atomic mass is 35.5. The van der Waals surface area contributed by atoms with Gasteiger partial charge in [0.2, 0.25) is 0 Å². The lowest BCUT2D eigenvalue weighted by atomic mass is 10.1. The summed E-state index contributed by atoms with van der Waals surface area (Å²) < 4.78 is 1.80. The monoisotopic (exact) mass is 270 g/mol. The normalized spacial score (nSPS) is 10.6. The van der Waals surface area contributed by atoms with E-state index in [1.165, 1.54) is 0 Å². The zero-order valence-electron chi connectivity index (χ0n) is 10.3. The van der Waals surface area contributed by atoms with Crippen LogP contribution < -0.4 is 0 Å². The molecular weight excluding hydrogens is 260 g/mol. The maximum absolute atomic E-state index is 6.12. The van der Waals surface area contributed by atoms with Crippen LogP contribution >= 0.6 is 11.6 Å². The Morgan fingerprint density at radius 3 is 2.74 bits per heavy atom. The summed E-state index contributed by atoms with van der Waals surface area (Å²) in [6.45, 7) is 0. The van der Waals surface area contributed by atoms with Crippen LogP contribution in [0.5, 0.6) is 0 Å². The van der Waals surface area contributed by atoms with Crippen molar-refractivity contribution in [2.24, 2.45) is 7.05 Å². The van der Waals surface area contributed by atoms with Crippen molar-refractivity contribution in [2.75, 3.05) is 0 Å². The lowest BCUT2D eigenvalue weighted by Gasteiger charge is -2.02. The van der Waals surface area contributed by atoms with Gasteiger partial charge < -0.3 is 0 Å². The van der Waals surface area contributed by atoms with Crippen LogP contribution in [0.3, 0.4) is 0 Å². The largest absolute Gasteiger partial charge is 0.267 e. The molecule has 0 saturated heterocycles. The predicted octanol–water partition coefficient (Wildman–Crippen LogP) is 3.20. The first-order chi connectivity index (χ1) is 9.25. The summed E-state index contributed by atoms with van der Waals surface area (Å²) in [5.74, 6) is 0. The fraction of sp³-hybridized carbons (Fsp3) is 0.0714. The first kappa shape index (κ1) is 11.9. The molecule has 94 valence electrons. The van der Waals surface area contributed by atoms with E-state index in [-0.39, 0.29) is 0 Å². The van der Waals surface area contributed by atoms with E-state index in [2.05, 4.69) is 15.1 Å². The zero-order chi connectivity index (χ0) is 13.2. The van der Waals surface area contributed by atoms with Crippen LogP contribution in [0.1, 0.15) is 0 Å². The van der Waals surface area contributed by atoms with E-state index in [1.54, 1.807) is 23.3 Å². The van der Waals surface area contributed by atoms with Gasteiger partial charge in [0.05, 0.1) is 11.4 Å². The molecule has 0 unspecified atom stereocenters. The molecule has 3 aromatic rings. The molecule has 0 amide bonds. The van der Waals surface area contributed by atoms with Crippen LogP contribution in [0, 0.1) is 0 Å². The minimum atomic E-state index is 0.475. The third-order valence-corrected chi connectivity index (χ3v) is 3.17. The fourth-order valence-electron chi connectivity index (χ4n) is 1.95. The van der Waals surface area contributed by atoms with Crippen LogP contribution in [0.15, 0.2) is 48.9 Å². The molecule has 0 radical (unpaired) electrons. The molecule has 19 heavy (non-hydrogen) atoms. The molecule has 0 aliphatic heterocycles. The van der Waals surface area contributed by atoms with Gasteiger partial charge in [-0.2, -0.15) is 5.10 Å². The number of rotatable bonds is 2. The van der Waals surface area contributed by atoms with Crippen LogP contribution in [0.4, 0.5) is 0 Å². The number of halogens is 1. The molecule has 0 bridgehead atoms. The average Bonchev–Trinajstić information content (AvgIpc) is 2.82. The minimum absolute atomic E-state index is 0.475. The molecule has 5 heteroatoms. The highest BCUT2D eigenvalue weighted by Gasteiger charge is 2.12. The van der Waals surface area contributed by atoms with Gasteiger partial charge in [-0.1, -0.05) is 11.6 Å². The molecule has 0 spiro atoms. The highest BCUT2D eigenvalue weighted by Crippen LogP contribution is 2.28. The Morgan fingerprint density at radius 2 is 2.00 bits per heavy atom. The Labute approximate surface area is 115 Å². The topological polar surface area (TPSA) is 43.6 Å². The van der Waals surface area contributed by atoms with Crippen molar-refractivity contribution >= 4 is 11.6 Å². The summed E-state index contributed by atoms with van der Waals surface area (Å²) in [5, 5.41) is 4.96. The van der Waals surface area contributed by atoms with E-state index in [4.69, 9.17) is 11.6 Å². The van der Waals surface area contributed by atoms with E-state index in [1.807, 2.05) is 37.4 Å². The molecule has 0 N–H and O–H groups in total. The summed E-state index contributed by atoms with van der Waals surface area (Å²) in [4.78, 5) is 8.19. The number of aromatic nitrogens is 4. The maximum Gasteiger partial charge on any atom is 0.138 e. The summed E-state index contributed by atoms with van der Waals surface area (Å²) in [6, 6.07) is 9.64. The molecule has 0 aliphatic carbocycles. The van der Waals surface area contributed by atoms with Gasteiger partial charge in [0.25, 0.3) is 0 Å². The number of hydrogen-bond donors (Lipinski definition) is 0. The van der Waals surface area contributed by atoms with Crippen LogP contribution in [-0.2, 0) is 7.05 Å². The smallest absolute Gasteiger partial charge is 0.138 e. The molecule has 0 fully saturated rings. The number of pyridine rings is 2. The molecule has 0 aromatic carbocycles. The summed E-state index contributed by atoms with van der Waals surface area (Å²) in [5.41, 5.74) is 3.64. The lowest BCUT2D eigenvalue weighted by Crippen LogP contribution is -1.94. The fourth-order valence-corrected chi connectivity index (χ4v) is 2.17. The van der Waals surface area contributed by atoms with Crippen molar-refractivity contribution in [3.8, 4) is 22.5 Å². The van der Waals surface area contributed by atoms with Gasteiger partial charge in [-0.15, -0.1) is 0 Å². The van der Waals surface area contributed by atoms with E-state index in [0.717, 1.165) is 22.5 Å². The van der Waals surface area contributed by atoms with Crippen molar-refractivity contribution in [1.29, 1.82) is 0 Å². The number of hydrogen-bond acceptors (Lipinski definition) is 3. The minimum Gasteiger partial charge on any atom is -0.267 e. The highest BCUT2D eigenvalue weighted by molar-refractivity contribution is 6.32. The van der Waals surface area contributed by atoms with E-state index < -0.39 is 0 Å². The van der Waals surface area contributed by atoms with Gasteiger partial charge in [0.15, 0.2) is 0 Å². The Hall–Kier alpha value is -2.20. The Kier molecular flexibility index (Phi) is 3.01. The van der Waals surface area contributed by atoms with Gasteiger partial charge in [-0.25, -0.2) is 4.98 Å². The third-order valence-electron chi connectivity index (χ3n) is 2.87. The first-order valence-electron chi connectivity index (χ1n) is 5.81. The van der Waals surface area contributed by atoms with E-state index >= 15 is 0 Å². The van der Waals surface area contributed by atoms with Gasteiger partial charge >= 0.3 is 0 Å². The predicted molar refractivity (Wildman–Crippen MR) is 74.7 cm³/mol. The van der Waals surface area contributed by atoms with Crippen LogP contribution in [0.25, 0.3) is 22.5 Å². The van der Waals surface area contributed by atoms with E-state index in [0.29, 0.717) is 5.15 Å². The molecule has 0 saturated carbocycles. The van der Waals surface area contributed by atoms with Crippen LogP contribution in [-0.4, -0.2) is 19.7 Å². The summed E-state index contributed by atoms with van der Waals surface area (Å²) >= 11 is 6.12. The molecule has 3 heterocycles. The lowest BCUT2D eigenvalue weighted by molar-refractivity contribution is 0.778. The number of aryl methyl sites for hydroxylation is 1. The second-order valence-electron chi connectivity index (χ2n) is 4.12. The zero-order valence-corrected chi connectivity index (χ0v) is 11.0. The number of nitrogens with zero attached hydrogens (tertiary/aromatic N) is 4. The van der Waals surface area contributed by atoms with Gasteiger partial charge in [-0.3, -0.25) is 9.67 Å². The van der Waals surface area contributed by atoms with Crippen molar-refractivity contribution in [2.45, 2.75) is 0 Å². The third kappa shape index (κ3) is 2.22. The Morgan fingerprint density at radius 1 is 1.16 bits per heavy atom. The van der Waals surface area contributed by atoms with Crippen molar-refractivity contribution in [3.05, 3.63) is 54.1 Å². The SMILES string of the molecule is Cn1nc(-c2cccnc2)cc1-c1cccnc1Cl. The van der Waals surface area contributed by atoms with Crippen molar-refractivity contribution in [3.63, 3.8) is 0 Å². The first-order valence-corrected chi connectivity index (χ1v) is 6.19. The summed E-state index contributed by atoms with van der Waals surface area (Å²) in [6.07, 6.45) is 5.20. The molecule has 3 rings (SSSR count). The second kappa shape index (κ2) is 4.82. The standard InChI is InChI=1S/C14H11ClN4/c1-19-13(11-5-3-7-17-14(11)15)8-12(18-19)10-4-2-6-16-9-10/h2-9H,1H3. The molecule has 0 atom stereocenters. The molecule has 4 nitrogen and oxygen atoms in total. The summed E-state index contributed by atoms with van der Waals surface area (Å²) in [7, 11) is 1.89. The average molecular weight is 271 g/mol. The molecular formula is C14H11ClN4. The maximum atomic E-state index is 6.12. The van der Waals surface area contributed by atoms with Gasteiger partial charge in [-0.05, 0) is 30.3 Å². The quantitative estimate of drug-likeness (QED) is 0.672. The van der Waals surface area contributed by atoms with Crippen LogP contribution in [0.2, 0.25) is 5.15 Å².